The average Bonchev–Trinajstić information content (AvgIpc) is 2.06. The summed E-state index contributed by atoms with van der Waals surface area (Å²) in [6, 6.07) is 5.48. The van der Waals surface area contributed by atoms with Crippen molar-refractivity contribution in [2.45, 2.75) is 34.1 Å². The Kier molecular flexibility index (Phi) is 3.56. The van der Waals surface area contributed by atoms with Gasteiger partial charge in [-0.05, 0) is 24.0 Å². The molecule has 0 aromatic heterocycles. The molecule has 0 atom stereocenters. The first-order valence-corrected chi connectivity index (χ1v) is 5.47. The van der Waals surface area contributed by atoms with E-state index < -0.39 is 0 Å². The summed E-state index contributed by atoms with van der Waals surface area (Å²) in [5.74, 6) is 0.157. The van der Waals surface area contributed by atoms with Gasteiger partial charge in [-0.2, -0.15) is 0 Å². The topological polar surface area (TPSA) is 17.1 Å². The van der Waals surface area contributed by atoms with E-state index in [9.17, 15) is 4.79 Å². The van der Waals surface area contributed by atoms with Gasteiger partial charge in [0.15, 0.2) is 5.78 Å². The van der Waals surface area contributed by atoms with Crippen molar-refractivity contribution in [2.75, 3.05) is 0 Å². The van der Waals surface area contributed by atoms with E-state index in [0.29, 0.717) is 17.0 Å². The van der Waals surface area contributed by atoms with Gasteiger partial charge in [-0.3, -0.25) is 4.79 Å². The van der Waals surface area contributed by atoms with Crippen molar-refractivity contribution in [2.24, 2.45) is 5.41 Å². The van der Waals surface area contributed by atoms with Crippen LogP contribution in [0.4, 0.5) is 0 Å². The number of hydrogen-bond acceptors (Lipinski definition) is 1. The standard InChI is InChI=1S/C13H17ClO/c1-9-5-6-10(7-11(9)14)12(15)8-13(2,3)4/h5-7H,8H2,1-4H3. The Hall–Kier alpha value is -0.820. The lowest BCUT2D eigenvalue weighted by atomic mass is 9.88. The Labute approximate surface area is 96.5 Å². The molecule has 0 spiro atoms. The predicted octanol–water partition coefficient (Wildman–Crippen LogP) is 4.27. The lowest BCUT2D eigenvalue weighted by molar-refractivity contribution is 0.0940. The van der Waals surface area contributed by atoms with Gasteiger partial charge in [0.25, 0.3) is 0 Å². The monoisotopic (exact) mass is 224 g/mol. The molecular weight excluding hydrogens is 208 g/mol. The van der Waals surface area contributed by atoms with Gasteiger partial charge in [0, 0.05) is 17.0 Å². The van der Waals surface area contributed by atoms with Crippen molar-refractivity contribution < 1.29 is 4.79 Å². The highest BCUT2D eigenvalue weighted by Gasteiger charge is 2.17. The highest BCUT2D eigenvalue weighted by atomic mass is 35.5. The van der Waals surface area contributed by atoms with Gasteiger partial charge in [-0.15, -0.1) is 0 Å². The first-order valence-electron chi connectivity index (χ1n) is 5.09. The van der Waals surface area contributed by atoms with Gasteiger partial charge in [0.1, 0.15) is 0 Å². The molecule has 0 unspecified atom stereocenters. The summed E-state index contributed by atoms with van der Waals surface area (Å²) >= 11 is 5.98. The van der Waals surface area contributed by atoms with E-state index in [-0.39, 0.29) is 11.2 Å². The molecule has 1 rings (SSSR count). The maximum atomic E-state index is 11.9. The second-order valence-corrected chi connectivity index (χ2v) is 5.53. The molecule has 0 amide bonds. The Morgan fingerprint density at radius 1 is 1.33 bits per heavy atom. The van der Waals surface area contributed by atoms with E-state index in [1.165, 1.54) is 0 Å². The van der Waals surface area contributed by atoms with Gasteiger partial charge >= 0.3 is 0 Å². The number of carbonyl (C=O) groups is 1. The van der Waals surface area contributed by atoms with Crippen LogP contribution in [-0.4, -0.2) is 5.78 Å². The third-order valence-electron chi connectivity index (χ3n) is 2.18. The summed E-state index contributed by atoms with van der Waals surface area (Å²) in [4.78, 5) is 11.9. The second-order valence-electron chi connectivity index (χ2n) is 5.12. The summed E-state index contributed by atoms with van der Waals surface area (Å²) in [6.45, 7) is 8.10. The molecule has 1 aromatic rings. The lowest BCUT2D eigenvalue weighted by Gasteiger charge is -2.16. The van der Waals surface area contributed by atoms with Crippen LogP contribution in [0.5, 0.6) is 0 Å². The molecule has 1 aromatic carbocycles. The normalized spacial score (nSPS) is 11.5. The molecule has 0 aliphatic heterocycles. The summed E-state index contributed by atoms with van der Waals surface area (Å²) in [7, 11) is 0. The Morgan fingerprint density at radius 2 is 1.93 bits per heavy atom. The molecular formula is C13H17ClO. The van der Waals surface area contributed by atoms with Crippen molar-refractivity contribution >= 4 is 17.4 Å². The SMILES string of the molecule is Cc1ccc(C(=O)CC(C)(C)C)cc1Cl. The zero-order chi connectivity index (χ0) is 11.6. The van der Waals surface area contributed by atoms with Crippen LogP contribution in [0.3, 0.4) is 0 Å². The van der Waals surface area contributed by atoms with E-state index in [1.54, 1.807) is 6.07 Å². The molecule has 82 valence electrons. The minimum Gasteiger partial charge on any atom is -0.294 e. The zero-order valence-electron chi connectivity index (χ0n) is 9.73. The summed E-state index contributed by atoms with van der Waals surface area (Å²) in [5, 5.41) is 0.662. The fraction of sp³-hybridized carbons (Fsp3) is 0.462. The van der Waals surface area contributed by atoms with Gasteiger partial charge < -0.3 is 0 Å². The van der Waals surface area contributed by atoms with Crippen LogP contribution < -0.4 is 0 Å². The molecule has 0 radical (unpaired) electrons. The smallest absolute Gasteiger partial charge is 0.163 e. The Bertz CT molecular complexity index is 375. The van der Waals surface area contributed by atoms with Gasteiger partial charge in [-0.25, -0.2) is 0 Å². The highest BCUT2D eigenvalue weighted by Crippen LogP contribution is 2.23. The van der Waals surface area contributed by atoms with Crippen LogP contribution in [0.1, 0.15) is 43.1 Å². The number of rotatable bonds is 2. The molecule has 0 aliphatic carbocycles. The van der Waals surface area contributed by atoms with E-state index in [1.807, 2.05) is 19.1 Å². The van der Waals surface area contributed by atoms with Crippen LogP contribution >= 0.6 is 11.6 Å². The number of ketones is 1. The molecule has 2 heteroatoms. The fourth-order valence-electron chi connectivity index (χ4n) is 1.35. The van der Waals surface area contributed by atoms with Gasteiger partial charge in [0.05, 0.1) is 0 Å². The minimum atomic E-state index is 0.0223. The highest BCUT2D eigenvalue weighted by molar-refractivity contribution is 6.31. The van der Waals surface area contributed by atoms with E-state index in [4.69, 9.17) is 11.6 Å². The molecule has 15 heavy (non-hydrogen) atoms. The number of halogens is 1. The van der Waals surface area contributed by atoms with E-state index in [2.05, 4.69) is 20.8 Å². The number of Topliss-reactive ketones (excluding diaryl/α,β-unsaturated/α-hetero) is 1. The molecule has 0 fully saturated rings. The van der Waals surface area contributed by atoms with Crippen LogP contribution in [0, 0.1) is 12.3 Å². The van der Waals surface area contributed by atoms with Crippen molar-refractivity contribution in [1.82, 2.24) is 0 Å². The first-order chi connectivity index (χ1) is 6.79. The van der Waals surface area contributed by atoms with Crippen molar-refractivity contribution in [3.05, 3.63) is 34.3 Å². The Morgan fingerprint density at radius 3 is 2.40 bits per heavy atom. The first kappa shape index (κ1) is 12.3. The fourth-order valence-corrected chi connectivity index (χ4v) is 1.53. The van der Waals surface area contributed by atoms with Gasteiger partial charge in [-0.1, -0.05) is 44.5 Å². The molecule has 0 aliphatic rings. The number of carbonyl (C=O) groups excluding carboxylic acids is 1. The third-order valence-corrected chi connectivity index (χ3v) is 2.59. The maximum absolute atomic E-state index is 11.9. The van der Waals surface area contributed by atoms with E-state index in [0.717, 1.165) is 5.56 Å². The van der Waals surface area contributed by atoms with Crippen LogP contribution in [0.25, 0.3) is 0 Å². The third kappa shape index (κ3) is 3.67. The number of aryl methyl sites for hydroxylation is 1. The number of hydrogen-bond donors (Lipinski definition) is 0. The van der Waals surface area contributed by atoms with Crippen molar-refractivity contribution in [3.63, 3.8) is 0 Å². The molecule has 0 saturated carbocycles. The summed E-state index contributed by atoms with van der Waals surface area (Å²) in [5.41, 5.74) is 1.73. The zero-order valence-corrected chi connectivity index (χ0v) is 10.5. The minimum absolute atomic E-state index is 0.0223. The predicted molar refractivity (Wildman–Crippen MR) is 64.6 cm³/mol. The summed E-state index contributed by atoms with van der Waals surface area (Å²) < 4.78 is 0. The quantitative estimate of drug-likeness (QED) is 0.686. The molecule has 0 saturated heterocycles. The van der Waals surface area contributed by atoms with Gasteiger partial charge in [0.2, 0.25) is 0 Å². The average molecular weight is 225 g/mol. The van der Waals surface area contributed by atoms with E-state index >= 15 is 0 Å². The van der Waals surface area contributed by atoms with Crippen LogP contribution in [0.2, 0.25) is 5.02 Å². The molecule has 1 nitrogen and oxygen atoms in total. The van der Waals surface area contributed by atoms with Crippen LogP contribution in [0.15, 0.2) is 18.2 Å². The largest absolute Gasteiger partial charge is 0.294 e. The number of benzene rings is 1. The molecule has 0 N–H and O–H groups in total. The van der Waals surface area contributed by atoms with Crippen molar-refractivity contribution in [1.29, 1.82) is 0 Å². The van der Waals surface area contributed by atoms with Crippen LogP contribution in [-0.2, 0) is 0 Å². The molecule has 0 heterocycles. The molecule has 0 bridgehead atoms. The van der Waals surface area contributed by atoms with Crippen molar-refractivity contribution in [3.8, 4) is 0 Å². The summed E-state index contributed by atoms with van der Waals surface area (Å²) in [6.07, 6.45) is 0.548. The maximum Gasteiger partial charge on any atom is 0.163 e. The Balaban J connectivity index is 2.88. The second kappa shape index (κ2) is 4.36. The lowest BCUT2D eigenvalue weighted by Crippen LogP contribution is -2.13.